The van der Waals surface area contributed by atoms with Gasteiger partial charge < -0.3 is 28.6 Å². The molecule has 1 heterocycles. The van der Waals surface area contributed by atoms with E-state index in [-0.39, 0.29) is 0 Å². The number of allylic oxidation sites excluding steroid dienone is 2. The lowest BCUT2D eigenvalue weighted by Gasteiger charge is -2.38. The molecule has 0 atom stereocenters. The van der Waals surface area contributed by atoms with E-state index in [9.17, 15) is 9.59 Å². The average Bonchev–Trinajstić information content (AvgIpc) is 2.93. The molecule has 1 aliphatic rings. The van der Waals surface area contributed by atoms with E-state index in [0.29, 0.717) is 41.4 Å². The lowest BCUT2D eigenvalue weighted by molar-refractivity contribution is -0.137. The van der Waals surface area contributed by atoms with E-state index in [2.05, 4.69) is 0 Å². The number of carbonyl (C=O) groups excluding carboxylic acids is 2. The standard InChI is InChI=1S/C29H35NO7/c1-19-25(28(31)35-5)27(21-14-15-23(33-3)24(18-21)34-4)26(29(32)36-6)20(2)30(19)16-10-11-17-37-22-12-8-7-9-13-22/h7-9,12-15,18,27H,10-11,16-17H2,1-6H3. The second-order valence-corrected chi connectivity index (χ2v) is 8.55. The molecular formula is C29H35NO7. The summed E-state index contributed by atoms with van der Waals surface area (Å²) >= 11 is 0. The van der Waals surface area contributed by atoms with Gasteiger partial charge in [-0.1, -0.05) is 24.3 Å². The van der Waals surface area contributed by atoms with Gasteiger partial charge in [-0.15, -0.1) is 0 Å². The van der Waals surface area contributed by atoms with Crippen LogP contribution < -0.4 is 14.2 Å². The number of nitrogens with zero attached hydrogens (tertiary/aromatic N) is 1. The van der Waals surface area contributed by atoms with Crippen LogP contribution in [0.2, 0.25) is 0 Å². The molecule has 1 aliphatic heterocycles. The highest BCUT2D eigenvalue weighted by atomic mass is 16.5. The van der Waals surface area contributed by atoms with Gasteiger partial charge in [-0.3, -0.25) is 0 Å². The van der Waals surface area contributed by atoms with Crippen molar-refractivity contribution < 1.29 is 33.3 Å². The zero-order valence-corrected chi connectivity index (χ0v) is 22.3. The monoisotopic (exact) mass is 509 g/mol. The Hall–Kier alpha value is -3.94. The van der Waals surface area contributed by atoms with Crippen LogP contribution in [0.25, 0.3) is 0 Å². The van der Waals surface area contributed by atoms with Gasteiger partial charge in [0.25, 0.3) is 0 Å². The first-order valence-electron chi connectivity index (χ1n) is 12.1. The third-order valence-electron chi connectivity index (χ3n) is 6.51. The van der Waals surface area contributed by atoms with E-state index < -0.39 is 17.9 Å². The molecule has 8 heteroatoms. The van der Waals surface area contributed by atoms with Crippen LogP contribution in [0.4, 0.5) is 0 Å². The summed E-state index contributed by atoms with van der Waals surface area (Å²) in [5.41, 5.74) is 2.89. The number of unbranched alkanes of at least 4 members (excludes halogenated alkanes) is 1. The van der Waals surface area contributed by atoms with E-state index in [1.54, 1.807) is 19.2 Å². The molecule has 8 nitrogen and oxygen atoms in total. The van der Waals surface area contributed by atoms with Crippen molar-refractivity contribution in [1.82, 2.24) is 4.90 Å². The summed E-state index contributed by atoms with van der Waals surface area (Å²) in [6.45, 7) is 4.90. The second kappa shape index (κ2) is 12.9. The Morgan fingerprint density at radius 2 is 1.38 bits per heavy atom. The molecule has 2 aromatic rings. The average molecular weight is 510 g/mol. The van der Waals surface area contributed by atoms with E-state index in [4.69, 9.17) is 23.7 Å². The Morgan fingerprint density at radius 3 is 1.92 bits per heavy atom. The Bertz CT molecular complexity index is 1130. The number of rotatable bonds is 11. The van der Waals surface area contributed by atoms with Gasteiger partial charge in [0.15, 0.2) is 11.5 Å². The smallest absolute Gasteiger partial charge is 0.336 e. The minimum absolute atomic E-state index is 0.376. The van der Waals surface area contributed by atoms with Crippen molar-refractivity contribution in [2.45, 2.75) is 32.6 Å². The van der Waals surface area contributed by atoms with Crippen molar-refractivity contribution in [2.75, 3.05) is 41.6 Å². The number of methoxy groups -OCH3 is 4. The maximum Gasteiger partial charge on any atom is 0.336 e. The topological polar surface area (TPSA) is 83.5 Å². The molecule has 0 saturated carbocycles. The van der Waals surface area contributed by atoms with Crippen molar-refractivity contribution in [3.8, 4) is 17.2 Å². The molecule has 0 unspecified atom stereocenters. The predicted octanol–water partition coefficient (Wildman–Crippen LogP) is 4.86. The van der Waals surface area contributed by atoms with Crippen molar-refractivity contribution in [2.24, 2.45) is 0 Å². The van der Waals surface area contributed by atoms with E-state index >= 15 is 0 Å². The molecule has 198 valence electrons. The Labute approximate surface area is 218 Å². The van der Waals surface area contributed by atoms with Gasteiger partial charge >= 0.3 is 11.9 Å². The van der Waals surface area contributed by atoms with Crippen molar-refractivity contribution in [3.05, 3.63) is 76.6 Å². The summed E-state index contributed by atoms with van der Waals surface area (Å²) in [5, 5.41) is 0. The van der Waals surface area contributed by atoms with Gasteiger partial charge in [-0.25, -0.2) is 9.59 Å². The number of benzene rings is 2. The number of para-hydroxylation sites is 1. The van der Waals surface area contributed by atoms with Gasteiger partial charge in [0, 0.05) is 17.9 Å². The van der Waals surface area contributed by atoms with Crippen LogP contribution in [0, 0.1) is 0 Å². The van der Waals surface area contributed by atoms with E-state index in [1.807, 2.05) is 55.1 Å². The Morgan fingerprint density at radius 1 is 0.784 bits per heavy atom. The van der Waals surface area contributed by atoms with Gasteiger partial charge in [0.05, 0.1) is 52.1 Å². The van der Waals surface area contributed by atoms with Crippen LogP contribution in [-0.2, 0) is 19.1 Å². The third kappa shape index (κ3) is 6.07. The van der Waals surface area contributed by atoms with E-state index in [1.165, 1.54) is 21.3 Å². The minimum atomic E-state index is -0.697. The maximum atomic E-state index is 13.1. The molecule has 0 radical (unpaired) electrons. The first kappa shape index (κ1) is 27.6. The lowest BCUT2D eigenvalue weighted by Crippen LogP contribution is -2.35. The minimum Gasteiger partial charge on any atom is -0.494 e. The highest BCUT2D eigenvalue weighted by Crippen LogP contribution is 2.44. The Balaban J connectivity index is 1.95. The van der Waals surface area contributed by atoms with Gasteiger partial charge in [-0.2, -0.15) is 0 Å². The van der Waals surface area contributed by atoms with Crippen LogP contribution >= 0.6 is 0 Å². The fraction of sp³-hybridized carbons (Fsp3) is 0.379. The maximum absolute atomic E-state index is 13.1. The summed E-state index contributed by atoms with van der Waals surface area (Å²) in [4.78, 5) is 28.2. The number of carbonyl (C=O) groups is 2. The van der Waals surface area contributed by atoms with E-state index in [0.717, 1.165) is 30.0 Å². The van der Waals surface area contributed by atoms with Gasteiger partial charge in [0.2, 0.25) is 0 Å². The molecular weight excluding hydrogens is 474 g/mol. The molecule has 2 aromatic carbocycles. The fourth-order valence-electron chi connectivity index (χ4n) is 4.64. The molecule has 0 amide bonds. The first-order chi connectivity index (χ1) is 17.9. The van der Waals surface area contributed by atoms with Gasteiger partial charge in [-0.05, 0) is 56.5 Å². The summed E-state index contributed by atoms with van der Waals surface area (Å²) in [6, 6.07) is 15.0. The summed E-state index contributed by atoms with van der Waals surface area (Å²) in [5.74, 6) is 0.141. The molecule has 0 N–H and O–H groups in total. The molecule has 0 spiro atoms. The van der Waals surface area contributed by atoms with Crippen molar-refractivity contribution in [1.29, 1.82) is 0 Å². The number of esters is 2. The quantitative estimate of drug-likeness (QED) is 0.314. The molecule has 0 aromatic heterocycles. The van der Waals surface area contributed by atoms with Crippen molar-refractivity contribution >= 4 is 11.9 Å². The van der Waals surface area contributed by atoms with Crippen LogP contribution in [-0.4, -0.2) is 58.4 Å². The molecule has 0 saturated heterocycles. The molecule has 0 fully saturated rings. The Kier molecular flexibility index (Phi) is 9.60. The highest BCUT2D eigenvalue weighted by molar-refractivity contribution is 5.99. The zero-order chi connectivity index (χ0) is 26.9. The molecule has 37 heavy (non-hydrogen) atoms. The van der Waals surface area contributed by atoms with Crippen LogP contribution in [0.5, 0.6) is 17.2 Å². The first-order valence-corrected chi connectivity index (χ1v) is 12.1. The van der Waals surface area contributed by atoms with Crippen LogP contribution in [0.1, 0.15) is 38.2 Å². The molecule has 0 bridgehead atoms. The fourth-order valence-corrected chi connectivity index (χ4v) is 4.64. The largest absolute Gasteiger partial charge is 0.494 e. The zero-order valence-electron chi connectivity index (χ0n) is 22.3. The van der Waals surface area contributed by atoms with Crippen LogP contribution in [0.3, 0.4) is 0 Å². The second-order valence-electron chi connectivity index (χ2n) is 8.55. The number of hydrogen-bond donors (Lipinski definition) is 0. The number of ether oxygens (including phenoxy) is 5. The van der Waals surface area contributed by atoms with Crippen molar-refractivity contribution in [3.63, 3.8) is 0 Å². The SMILES string of the molecule is COC(=O)C1=C(C)N(CCCCOc2ccccc2)C(C)=C(C(=O)OC)C1c1ccc(OC)c(OC)c1. The molecule has 0 aliphatic carbocycles. The summed E-state index contributed by atoms with van der Waals surface area (Å²) in [6.07, 6.45) is 1.58. The van der Waals surface area contributed by atoms with Crippen LogP contribution in [0.15, 0.2) is 71.1 Å². The van der Waals surface area contributed by atoms with Gasteiger partial charge in [0.1, 0.15) is 5.75 Å². The summed E-state index contributed by atoms with van der Waals surface area (Å²) < 4.78 is 27.0. The number of hydrogen-bond acceptors (Lipinski definition) is 8. The highest BCUT2D eigenvalue weighted by Gasteiger charge is 2.40. The summed E-state index contributed by atoms with van der Waals surface area (Å²) in [7, 11) is 5.76. The molecule has 3 rings (SSSR count). The third-order valence-corrected chi connectivity index (χ3v) is 6.51. The normalized spacial score (nSPS) is 13.9. The predicted molar refractivity (Wildman–Crippen MR) is 140 cm³/mol. The lowest BCUT2D eigenvalue weighted by atomic mass is 9.79.